The Hall–Kier alpha value is -1.43. The SMILES string of the molecule is O=C(NC1CCCOC1)c1ncn[nH]1. The summed E-state index contributed by atoms with van der Waals surface area (Å²) in [5.41, 5.74) is 0. The van der Waals surface area contributed by atoms with Crippen molar-refractivity contribution in [3.8, 4) is 0 Å². The number of hydrogen-bond donors (Lipinski definition) is 2. The third-order valence-electron chi connectivity index (χ3n) is 2.13. The zero-order valence-corrected chi connectivity index (χ0v) is 7.69. The van der Waals surface area contributed by atoms with Crippen LogP contribution in [-0.4, -0.2) is 40.3 Å². The second-order valence-electron chi connectivity index (χ2n) is 3.22. The maximum absolute atomic E-state index is 11.5. The summed E-state index contributed by atoms with van der Waals surface area (Å²) in [6.45, 7) is 1.37. The molecule has 0 aromatic carbocycles. The maximum atomic E-state index is 11.5. The summed E-state index contributed by atoms with van der Waals surface area (Å²) in [5, 5.41) is 8.94. The molecule has 0 bridgehead atoms. The first-order valence-electron chi connectivity index (χ1n) is 4.60. The molecule has 1 atom stereocenters. The average Bonchev–Trinajstić information content (AvgIpc) is 2.72. The van der Waals surface area contributed by atoms with Gasteiger partial charge in [-0.25, -0.2) is 4.98 Å². The lowest BCUT2D eigenvalue weighted by molar-refractivity contribution is 0.0619. The molecule has 0 aliphatic carbocycles. The molecule has 1 amide bonds. The molecule has 2 N–H and O–H groups in total. The molecule has 6 nitrogen and oxygen atoms in total. The van der Waals surface area contributed by atoms with Gasteiger partial charge in [-0.1, -0.05) is 0 Å². The number of rotatable bonds is 2. The molecule has 1 aliphatic rings. The van der Waals surface area contributed by atoms with Crippen LogP contribution in [0.5, 0.6) is 0 Å². The van der Waals surface area contributed by atoms with E-state index < -0.39 is 0 Å². The Morgan fingerprint density at radius 3 is 3.29 bits per heavy atom. The minimum atomic E-state index is -0.224. The van der Waals surface area contributed by atoms with E-state index in [0.29, 0.717) is 6.61 Å². The van der Waals surface area contributed by atoms with Crippen molar-refractivity contribution in [2.45, 2.75) is 18.9 Å². The van der Waals surface area contributed by atoms with E-state index in [1.54, 1.807) is 0 Å². The largest absolute Gasteiger partial charge is 0.379 e. The highest BCUT2D eigenvalue weighted by Crippen LogP contribution is 2.05. The Morgan fingerprint density at radius 2 is 2.64 bits per heavy atom. The fourth-order valence-electron chi connectivity index (χ4n) is 1.42. The van der Waals surface area contributed by atoms with Gasteiger partial charge in [-0.05, 0) is 12.8 Å². The van der Waals surface area contributed by atoms with Crippen LogP contribution in [0.15, 0.2) is 6.33 Å². The number of nitrogens with zero attached hydrogens (tertiary/aromatic N) is 2. The van der Waals surface area contributed by atoms with E-state index in [1.165, 1.54) is 6.33 Å². The van der Waals surface area contributed by atoms with Crippen LogP contribution < -0.4 is 5.32 Å². The fourth-order valence-corrected chi connectivity index (χ4v) is 1.42. The Bertz CT molecular complexity index is 292. The minimum Gasteiger partial charge on any atom is -0.379 e. The first-order valence-corrected chi connectivity index (χ1v) is 4.60. The molecule has 6 heteroatoms. The average molecular weight is 196 g/mol. The summed E-state index contributed by atoms with van der Waals surface area (Å²) in [5.74, 6) is 0.0218. The van der Waals surface area contributed by atoms with Gasteiger partial charge >= 0.3 is 0 Å². The lowest BCUT2D eigenvalue weighted by Crippen LogP contribution is -2.41. The molecule has 1 aliphatic heterocycles. The monoisotopic (exact) mass is 196 g/mol. The number of carbonyl (C=O) groups excluding carboxylic acids is 1. The first kappa shape index (κ1) is 9.14. The minimum absolute atomic E-state index is 0.0985. The molecular weight excluding hydrogens is 184 g/mol. The van der Waals surface area contributed by atoms with Gasteiger partial charge in [0.05, 0.1) is 12.6 Å². The van der Waals surface area contributed by atoms with Crippen LogP contribution in [0, 0.1) is 0 Å². The van der Waals surface area contributed by atoms with Crippen molar-refractivity contribution >= 4 is 5.91 Å². The van der Waals surface area contributed by atoms with Gasteiger partial charge in [-0.3, -0.25) is 9.89 Å². The summed E-state index contributed by atoms with van der Waals surface area (Å²) < 4.78 is 5.24. The molecule has 1 saturated heterocycles. The van der Waals surface area contributed by atoms with Gasteiger partial charge in [0, 0.05) is 6.61 Å². The molecule has 1 unspecified atom stereocenters. The van der Waals surface area contributed by atoms with Crippen molar-refractivity contribution in [1.82, 2.24) is 20.5 Å². The number of ether oxygens (including phenoxy) is 1. The summed E-state index contributed by atoms with van der Waals surface area (Å²) in [6, 6.07) is 0.0985. The fraction of sp³-hybridized carbons (Fsp3) is 0.625. The highest BCUT2D eigenvalue weighted by Gasteiger charge is 2.18. The van der Waals surface area contributed by atoms with E-state index in [-0.39, 0.29) is 17.8 Å². The lowest BCUT2D eigenvalue weighted by Gasteiger charge is -2.22. The summed E-state index contributed by atoms with van der Waals surface area (Å²) in [6.07, 6.45) is 3.26. The van der Waals surface area contributed by atoms with E-state index in [0.717, 1.165) is 19.4 Å². The molecule has 76 valence electrons. The van der Waals surface area contributed by atoms with Crippen LogP contribution in [-0.2, 0) is 4.74 Å². The highest BCUT2D eigenvalue weighted by atomic mass is 16.5. The van der Waals surface area contributed by atoms with Gasteiger partial charge in [0.15, 0.2) is 0 Å². The Labute approximate surface area is 81.1 Å². The smallest absolute Gasteiger partial charge is 0.288 e. The second kappa shape index (κ2) is 4.19. The molecule has 1 aromatic rings. The van der Waals surface area contributed by atoms with E-state index in [9.17, 15) is 4.79 Å². The third-order valence-corrected chi connectivity index (χ3v) is 2.13. The number of hydrogen-bond acceptors (Lipinski definition) is 4. The van der Waals surface area contributed by atoms with Gasteiger partial charge in [0.2, 0.25) is 5.82 Å². The Kier molecular flexibility index (Phi) is 2.73. The second-order valence-corrected chi connectivity index (χ2v) is 3.22. The standard InChI is InChI=1S/C8H12N4O2/c13-8(7-9-5-10-12-7)11-6-2-1-3-14-4-6/h5-6H,1-4H2,(H,11,13)(H,9,10,12). The summed E-state index contributed by atoms with van der Waals surface area (Å²) in [4.78, 5) is 15.2. The molecule has 0 saturated carbocycles. The third kappa shape index (κ3) is 2.08. The van der Waals surface area contributed by atoms with Gasteiger partial charge in [0.1, 0.15) is 6.33 Å². The number of amides is 1. The van der Waals surface area contributed by atoms with Gasteiger partial charge < -0.3 is 10.1 Å². The van der Waals surface area contributed by atoms with E-state index >= 15 is 0 Å². The zero-order chi connectivity index (χ0) is 9.80. The Morgan fingerprint density at radius 1 is 1.71 bits per heavy atom. The van der Waals surface area contributed by atoms with E-state index in [2.05, 4.69) is 20.5 Å². The normalized spacial score (nSPS) is 21.9. The number of aromatic nitrogens is 3. The van der Waals surface area contributed by atoms with E-state index in [1.807, 2.05) is 0 Å². The van der Waals surface area contributed by atoms with E-state index in [4.69, 9.17) is 4.74 Å². The highest BCUT2D eigenvalue weighted by molar-refractivity contribution is 5.90. The lowest BCUT2D eigenvalue weighted by atomic mass is 10.1. The van der Waals surface area contributed by atoms with Crippen molar-refractivity contribution in [2.75, 3.05) is 13.2 Å². The molecule has 1 fully saturated rings. The quantitative estimate of drug-likeness (QED) is 0.681. The molecule has 2 heterocycles. The molecule has 14 heavy (non-hydrogen) atoms. The number of nitrogens with one attached hydrogen (secondary N) is 2. The number of carbonyl (C=O) groups is 1. The zero-order valence-electron chi connectivity index (χ0n) is 7.69. The summed E-state index contributed by atoms with van der Waals surface area (Å²) in [7, 11) is 0. The van der Waals surface area contributed by atoms with Crippen molar-refractivity contribution in [3.05, 3.63) is 12.2 Å². The maximum Gasteiger partial charge on any atom is 0.288 e. The van der Waals surface area contributed by atoms with Crippen LogP contribution in [0.4, 0.5) is 0 Å². The molecule has 0 spiro atoms. The predicted octanol–water partition coefficient (Wildman–Crippen LogP) is -0.287. The summed E-state index contributed by atoms with van der Waals surface area (Å²) >= 11 is 0. The van der Waals surface area contributed by atoms with Gasteiger partial charge in [0.25, 0.3) is 5.91 Å². The van der Waals surface area contributed by atoms with Gasteiger partial charge in [-0.15, -0.1) is 0 Å². The number of aromatic amines is 1. The van der Waals surface area contributed by atoms with Crippen LogP contribution >= 0.6 is 0 Å². The molecule has 1 aromatic heterocycles. The predicted molar refractivity (Wildman–Crippen MR) is 47.7 cm³/mol. The van der Waals surface area contributed by atoms with Crippen LogP contribution in [0.25, 0.3) is 0 Å². The topological polar surface area (TPSA) is 79.9 Å². The van der Waals surface area contributed by atoms with Crippen molar-refractivity contribution in [1.29, 1.82) is 0 Å². The molecule has 0 radical (unpaired) electrons. The molecule has 2 rings (SSSR count). The number of H-pyrrole nitrogens is 1. The Balaban J connectivity index is 1.87. The van der Waals surface area contributed by atoms with Gasteiger partial charge in [-0.2, -0.15) is 5.10 Å². The van der Waals surface area contributed by atoms with Crippen molar-refractivity contribution in [3.63, 3.8) is 0 Å². The van der Waals surface area contributed by atoms with Crippen molar-refractivity contribution in [2.24, 2.45) is 0 Å². The van der Waals surface area contributed by atoms with Crippen molar-refractivity contribution < 1.29 is 9.53 Å². The van der Waals surface area contributed by atoms with Crippen LogP contribution in [0.3, 0.4) is 0 Å². The van der Waals surface area contributed by atoms with Crippen LogP contribution in [0.1, 0.15) is 23.5 Å². The first-order chi connectivity index (χ1) is 6.86. The molecular formula is C8H12N4O2. The van der Waals surface area contributed by atoms with Crippen LogP contribution in [0.2, 0.25) is 0 Å².